The van der Waals surface area contributed by atoms with Gasteiger partial charge in [0, 0.05) is 19.3 Å². The van der Waals surface area contributed by atoms with E-state index in [-0.39, 0.29) is 31.1 Å². The summed E-state index contributed by atoms with van der Waals surface area (Å²) in [5, 5.41) is 0. The zero-order chi connectivity index (χ0) is 52.9. The molecule has 0 heterocycles. The van der Waals surface area contributed by atoms with Gasteiger partial charge in [-0.25, -0.2) is 0 Å². The number of ether oxygens (including phenoxy) is 3. The lowest BCUT2D eigenvalue weighted by Gasteiger charge is -2.18. The van der Waals surface area contributed by atoms with E-state index in [1.165, 1.54) is 96.3 Å². The second-order valence-corrected chi connectivity index (χ2v) is 19.9. The second kappa shape index (κ2) is 60.6. The molecule has 0 aromatic rings. The minimum atomic E-state index is -0.798. The quantitative estimate of drug-likeness (QED) is 0.0261. The smallest absolute Gasteiger partial charge is 0.306 e. The molecule has 6 nitrogen and oxygen atoms in total. The Bertz CT molecular complexity index is 1490. The van der Waals surface area contributed by atoms with Crippen LogP contribution in [0.25, 0.3) is 0 Å². The Morgan fingerprint density at radius 2 is 0.562 bits per heavy atom. The molecule has 0 fully saturated rings. The fourth-order valence-electron chi connectivity index (χ4n) is 8.23. The van der Waals surface area contributed by atoms with Crippen molar-refractivity contribution >= 4 is 17.9 Å². The van der Waals surface area contributed by atoms with Gasteiger partial charge in [-0.1, -0.05) is 265 Å². The van der Waals surface area contributed by atoms with E-state index in [2.05, 4.69) is 130 Å². The Hall–Kier alpha value is -3.93. The van der Waals surface area contributed by atoms with Crippen molar-refractivity contribution in [1.82, 2.24) is 0 Å². The number of carbonyl (C=O) groups is 3. The number of carbonyl (C=O) groups excluding carboxylic acids is 3. The van der Waals surface area contributed by atoms with Gasteiger partial charge in [0.25, 0.3) is 0 Å². The van der Waals surface area contributed by atoms with Gasteiger partial charge in [-0.15, -0.1) is 0 Å². The van der Waals surface area contributed by atoms with Crippen molar-refractivity contribution in [2.24, 2.45) is 0 Å². The molecular weight excluding hydrogens is 901 g/mol. The fraction of sp³-hybridized carbons (Fsp3) is 0.687. The van der Waals surface area contributed by atoms with Crippen LogP contribution in [0, 0.1) is 0 Å². The van der Waals surface area contributed by atoms with Crippen molar-refractivity contribution in [1.29, 1.82) is 0 Å². The predicted octanol–water partition coefficient (Wildman–Crippen LogP) is 20.7. The van der Waals surface area contributed by atoms with Crippen LogP contribution in [0.1, 0.15) is 278 Å². The fourth-order valence-corrected chi connectivity index (χ4v) is 8.23. The summed E-state index contributed by atoms with van der Waals surface area (Å²) in [6, 6.07) is 0. The third kappa shape index (κ3) is 58.8. The summed E-state index contributed by atoms with van der Waals surface area (Å²) in [4.78, 5) is 38.2. The zero-order valence-electron chi connectivity index (χ0n) is 47.6. The highest BCUT2D eigenvalue weighted by atomic mass is 16.6. The molecule has 0 aliphatic carbocycles. The van der Waals surface area contributed by atoms with Gasteiger partial charge in [0.05, 0.1) is 0 Å². The predicted molar refractivity (Wildman–Crippen MR) is 316 cm³/mol. The number of rotatable bonds is 54. The molecule has 0 aliphatic heterocycles. The van der Waals surface area contributed by atoms with E-state index < -0.39 is 6.10 Å². The van der Waals surface area contributed by atoms with E-state index in [1.807, 2.05) is 0 Å². The van der Waals surface area contributed by atoms with Gasteiger partial charge >= 0.3 is 17.9 Å². The molecule has 0 aromatic carbocycles. The van der Waals surface area contributed by atoms with Crippen LogP contribution in [0.5, 0.6) is 0 Å². The average Bonchev–Trinajstić information content (AvgIpc) is 3.39. The van der Waals surface area contributed by atoms with E-state index in [4.69, 9.17) is 14.2 Å². The van der Waals surface area contributed by atoms with E-state index in [9.17, 15) is 14.4 Å². The van der Waals surface area contributed by atoms with Crippen LogP contribution in [-0.4, -0.2) is 37.2 Å². The maximum absolute atomic E-state index is 12.9. The van der Waals surface area contributed by atoms with Crippen molar-refractivity contribution < 1.29 is 28.6 Å². The average molecular weight is 1010 g/mol. The molecule has 6 heteroatoms. The van der Waals surface area contributed by atoms with Crippen molar-refractivity contribution in [3.63, 3.8) is 0 Å². The first-order valence-electron chi connectivity index (χ1n) is 30.4. The Labute approximate surface area is 450 Å². The van der Waals surface area contributed by atoms with Crippen LogP contribution in [0.15, 0.2) is 109 Å². The summed E-state index contributed by atoms with van der Waals surface area (Å²) in [7, 11) is 0. The number of unbranched alkanes of at least 4 members (excludes halogenated alkanes) is 25. The maximum atomic E-state index is 12.9. The number of allylic oxidation sites excluding steroid dienone is 18. The number of hydrogen-bond acceptors (Lipinski definition) is 6. The monoisotopic (exact) mass is 1010 g/mol. The highest BCUT2D eigenvalue weighted by molar-refractivity contribution is 5.71. The van der Waals surface area contributed by atoms with Crippen LogP contribution >= 0.6 is 0 Å². The lowest BCUT2D eigenvalue weighted by atomic mass is 10.0. The van der Waals surface area contributed by atoms with Gasteiger partial charge in [0.2, 0.25) is 0 Å². The summed E-state index contributed by atoms with van der Waals surface area (Å²) in [5.74, 6) is -0.936. The minimum absolute atomic E-state index is 0.0955. The standard InChI is InChI=1S/C67H112O6/c1-4-7-10-13-16-19-22-25-27-29-30-31-32-33-34-35-36-38-39-42-45-48-51-54-57-60-66(69)72-63-64(62-71-65(68)59-56-53-50-47-44-41-24-21-18-15-12-9-6-3)73-67(70)61-58-55-52-49-46-43-40-37-28-26-23-20-17-14-11-8-5-2/h7,10,12,15-16,19,21,24-25,27,30-31,33-34,36,38,42,45,64H,4-6,8-9,11,13-14,17-18,20,22-23,26,28-29,32,35,37,39-41,43-44,46-63H2,1-3H3/b10-7-,15-12-,19-16-,24-21-,27-25-,31-30-,34-33-,38-36-,45-42-. The molecule has 0 saturated heterocycles. The molecule has 0 aliphatic rings. The Morgan fingerprint density at radius 3 is 0.904 bits per heavy atom. The maximum Gasteiger partial charge on any atom is 0.306 e. The molecule has 0 rings (SSSR count). The molecule has 0 spiro atoms. The van der Waals surface area contributed by atoms with E-state index in [0.29, 0.717) is 19.3 Å². The highest BCUT2D eigenvalue weighted by Gasteiger charge is 2.19. The Balaban J connectivity index is 4.42. The molecule has 0 radical (unpaired) electrons. The van der Waals surface area contributed by atoms with Crippen molar-refractivity contribution in [2.75, 3.05) is 13.2 Å². The van der Waals surface area contributed by atoms with Gasteiger partial charge in [-0.05, 0) is 103 Å². The zero-order valence-corrected chi connectivity index (χ0v) is 47.6. The molecule has 416 valence electrons. The SMILES string of the molecule is CC/C=C\C/C=C\C/C=C\C/C=C\C/C=C\C/C=C\C/C=C\CCCCCC(=O)OCC(COC(=O)CCCCCCC/C=C\C/C=C\CCC)OC(=O)CCCCCCCCCCCCCCCCCCC. The topological polar surface area (TPSA) is 78.9 Å². The Morgan fingerprint density at radius 1 is 0.288 bits per heavy atom. The van der Waals surface area contributed by atoms with Gasteiger partial charge in [-0.3, -0.25) is 14.4 Å². The lowest BCUT2D eigenvalue weighted by molar-refractivity contribution is -0.167. The van der Waals surface area contributed by atoms with Crippen LogP contribution < -0.4 is 0 Å². The lowest BCUT2D eigenvalue weighted by Crippen LogP contribution is -2.30. The molecular formula is C67H112O6. The van der Waals surface area contributed by atoms with Gasteiger partial charge < -0.3 is 14.2 Å². The summed E-state index contributed by atoms with van der Waals surface area (Å²) in [6.07, 6.45) is 82.3. The summed E-state index contributed by atoms with van der Waals surface area (Å²) >= 11 is 0. The van der Waals surface area contributed by atoms with Crippen molar-refractivity contribution in [3.8, 4) is 0 Å². The van der Waals surface area contributed by atoms with E-state index >= 15 is 0 Å². The number of hydrogen-bond donors (Lipinski definition) is 0. The molecule has 0 N–H and O–H groups in total. The van der Waals surface area contributed by atoms with Crippen LogP contribution in [0.4, 0.5) is 0 Å². The van der Waals surface area contributed by atoms with E-state index in [1.54, 1.807) is 0 Å². The first kappa shape index (κ1) is 69.1. The molecule has 1 unspecified atom stereocenters. The molecule has 73 heavy (non-hydrogen) atoms. The minimum Gasteiger partial charge on any atom is -0.462 e. The summed E-state index contributed by atoms with van der Waals surface area (Å²) in [5.41, 5.74) is 0. The highest BCUT2D eigenvalue weighted by Crippen LogP contribution is 2.16. The third-order valence-electron chi connectivity index (χ3n) is 12.7. The van der Waals surface area contributed by atoms with Gasteiger partial charge in [0.15, 0.2) is 6.10 Å². The second-order valence-electron chi connectivity index (χ2n) is 19.9. The molecule has 0 aromatic heterocycles. The molecule has 0 bridgehead atoms. The molecule has 0 saturated carbocycles. The van der Waals surface area contributed by atoms with Crippen molar-refractivity contribution in [2.45, 2.75) is 284 Å². The summed E-state index contributed by atoms with van der Waals surface area (Å²) < 4.78 is 16.9. The van der Waals surface area contributed by atoms with Crippen LogP contribution in [-0.2, 0) is 28.6 Å². The van der Waals surface area contributed by atoms with Crippen LogP contribution in [0.3, 0.4) is 0 Å². The van der Waals surface area contributed by atoms with Gasteiger partial charge in [-0.2, -0.15) is 0 Å². The van der Waals surface area contributed by atoms with Crippen LogP contribution in [0.2, 0.25) is 0 Å². The Kier molecular flexibility index (Phi) is 57.4. The van der Waals surface area contributed by atoms with E-state index in [0.717, 1.165) is 141 Å². The summed E-state index contributed by atoms with van der Waals surface area (Å²) in [6.45, 7) is 6.44. The molecule has 0 amide bonds. The van der Waals surface area contributed by atoms with Gasteiger partial charge in [0.1, 0.15) is 13.2 Å². The first-order valence-corrected chi connectivity index (χ1v) is 30.4. The third-order valence-corrected chi connectivity index (χ3v) is 12.7. The normalized spacial score (nSPS) is 12.9. The largest absolute Gasteiger partial charge is 0.462 e. The molecule has 1 atom stereocenters. The van der Waals surface area contributed by atoms with Crippen molar-refractivity contribution in [3.05, 3.63) is 109 Å². The first-order chi connectivity index (χ1) is 36.0. The number of esters is 3.